The van der Waals surface area contributed by atoms with Crippen molar-refractivity contribution in [3.8, 4) is 0 Å². The van der Waals surface area contributed by atoms with Crippen LogP contribution < -0.4 is 0 Å². The minimum atomic E-state index is -0.796. The molecule has 0 aliphatic rings. The van der Waals surface area contributed by atoms with Crippen LogP contribution in [0.25, 0.3) is 10.9 Å². The number of hydrogen-bond donors (Lipinski definition) is 2. The lowest BCUT2D eigenvalue weighted by Crippen LogP contribution is -2.22. The first-order chi connectivity index (χ1) is 8.33. The molecule has 2 rings (SSSR count). The maximum atomic E-state index is 11.0. The molecule has 0 fully saturated rings. The van der Waals surface area contributed by atoms with Gasteiger partial charge in [0, 0.05) is 16.5 Å². The summed E-state index contributed by atoms with van der Waals surface area (Å²) in [5.74, 6) is -0.796. The molecule has 0 aliphatic heterocycles. The van der Waals surface area contributed by atoms with Gasteiger partial charge in [-0.15, -0.1) is 0 Å². The van der Waals surface area contributed by atoms with E-state index in [2.05, 4.69) is 4.98 Å². The van der Waals surface area contributed by atoms with E-state index in [1.54, 1.807) is 0 Å². The molecular formula is C14H16ClNO2. The average molecular weight is 266 g/mol. The van der Waals surface area contributed by atoms with E-state index in [-0.39, 0.29) is 6.42 Å². The molecule has 0 radical (unpaired) electrons. The van der Waals surface area contributed by atoms with E-state index in [1.807, 2.05) is 39.0 Å². The molecule has 4 heteroatoms. The summed E-state index contributed by atoms with van der Waals surface area (Å²) >= 11 is 6.15. The fourth-order valence-electron chi connectivity index (χ4n) is 2.65. The first kappa shape index (κ1) is 13.0. The predicted molar refractivity (Wildman–Crippen MR) is 73.3 cm³/mol. The van der Waals surface area contributed by atoms with Gasteiger partial charge in [0.1, 0.15) is 0 Å². The fourth-order valence-corrected chi connectivity index (χ4v) is 2.87. The molecule has 2 aromatic rings. The zero-order valence-corrected chi connectivity index (χ0v) is 11.4. The standard InChI is InChI=1S/C14H16ClNO2/c1-8-12(14(2,3)7-11(17)18)9-5-4-6-10(15)13(9)16-8/h4-6,16H,7H2,1-3H3,(H,17,18). The van der Waals surface area contributed by atoms with Gasteiger partial charge in [-0.3, -0.25) is 4.79 Å². The topological polar surface area (TPSA) is 53.1 Å². The van der Waals surface area contributed by atoms with Crippen molar-refractivity contribution in [3.05, 3.63) is 34.5 Å². The van der Waals surface area contributed by atoms with Crippen molar-refractivity contribution in [3.63, 3.8) is 0 Å². The Morgan fingerprint density at radius 1 is 1.44 bits per heavy atom. The van der Waals surface area contributed by atoms with Gasteiger partial charge in [-0.2, -0.15) is 0 Å². The highest BCUT2D eigenvalue weighted by Gasteiger charge is 2.29. The maximum absolute atomic E-state index is 11.0. The Morgan fingerprint density at radius 2 is 2.11 bits per heavy atom. The number of aromatic amines is 1. The maximum Gasteiger partial charge on any atom is 0.304 e. The van der Waals surface area contributed by atoms with Crippen molar-refractivity contribution in [1.29, 1.82) is 0 Å². The molecule has 3 nitrogen and oxygen atoms in total. The van der Waals surface area contributed by atoms with Crippen LogP contribution in [0.2, 0.25) is 5.02 Å². The minimum absolute atomic E-state index is 0.0906. The number of nitrogens with one attached hydrogen (secondary N) is 1. The number of benzene rings is 1. The highest BCUT2D eigenvalue weighted by molar-refractivity contribution is 6.35. The molecule has 0 saturated heterocycles. The molecule has 1 aromatic heterocycles. The molecule has 1 aromatic carbocycles. The number of halogens is 1. The lowest BCUT2D eigenvalue weighted by molar-refractivity contribution is -0.138. The second-order valence-corrected chi connectivity index (χ2v) is 5.65. The highest BCUT2D eigenvalue weighted by Crippen LogP contribution is 2.37. The lowest BCUT2D eigenvalue weighted by Gasteiger charge is -2.23. The van der Waals surface area contributed by atoms with Crippen LogP contribution in [0.3, 0.4) is 0 Å². The smallest absolute Gasteiger partial charge is 0.304 e. The third kappa shape index (κ3) is 2.10. The van der Waals surface area contributed by atoms with Gasteiger partial charge < -0.3 is 10.1 Å². The van der Waals surface area contributed by atoms with Crippen LogP contribution in [-0.2, 0) is 10.2 Å². The third-order valence-electron chi connectivity index (χ3n) is 3.24. The van der Waals surface area contributed by atoms with Crippen LogP contribution in [-0.4, -0.2) is 16.1 Å². The van der Waals surface area contributed by atoms with Crippen LogP contribution in [0, 0.1) is 6.92 Å². The van der Waals surface area contributed by atoms with E-state index in [0.29, 0.717) is 5.02 Å². The molecular weight excluding hydrogens is 250 g/mol. The van der Waals surface area contributed by atoms with E-state index in [1.165, 1.54) is 0 Å². The van der Waals surface area contributed by atoms with Gasteiger partial charge in [-0.05, 0) is 18.6 Å². The number of carboxylic acids is 1. The van der Waals surface area contributed by atoms with Crippen molar-refractivity contribution < 1.29 is 9.90 Å². The normalized spacial score (nSPS) is 12.0. The number of fused-ring (bicyclic) bond motifs is 1. The molecule has 0 saturated carbocycles. The van der Waals surface area contributed by atoms with E-state index in [9.17, 15) is 4.79 Å². The monoisotopic (exact) mass is 265 g/mol. The highest BCUT2D eigenvalue weighted by atomic mass is 35.5. The zero-order chi connectivity index (χ0) is 13.5. The number of aromatic nitrogens is 1. The Balaban J connectivity index is 2.67. The van der Waals surface area contributed by atoms with Crippen molar-refractivity contribution in [2.24, 2.45) is 0 Å². The van der Waals surface area contributed by atoms with Gasteiger partial charge in [0.25, 0.3) is 0 Å². The Morgan fingerprint density at radius 3 is 2.72 bits per heavy atom. The molecule has 0 unspecified atom stereocenters. The van der Waals surface area contributed by atoms with Crippen LogP contribution in [0.1, 0.15) is 31.5 Å². The molecule has 96 valence electrons. The summed E-state index contributed by atoms with van der Waals surface area (Å²) in [5.41, 5.74) is 2.45. The molecule has 0 spiro atoms. The number of aliphatic carboxylic acids is 1. The molecule has 0 bridgehead atoms. The largest absolute Gasteiger partial charge is 0.481 e. The molecule has 1 heterocycles. The number of para-hydroxylation sites is 1. The number of rotatable bonds is 3. The summed E-state index contributed by atoms with van der Waals surface area (Å²) in [6.45, 7) is 5.84. The summed E-state index contributed by atoms with van der Waals surface area (Å²) in [7, 11) is 0. The van der Waals surface area contributed by atoms with Gasteiger partial charge in [-0.25, -0.2) is 0 Å². The van der Waals surface area contributed by atoms with E-state index in [0.717, 1.165) is 22.2 Å². The quantitative estimate of drug-likeness (QED) is 0.885. The van der Waals surface area contributed by atoms with Crippen molar-refractivity contribution in [2.45, 2.75) is 32.6 Å². The summed E-state index contributed by atoms with van der Waals surface area (Å²) in [6.07, 6.45) is 0.0906. The van der Waals surface area contributed by atoms with E-state index < -0.39 is 11.4 Å². The van der Waals surface area contributed by atoms with Crippen LogP contribution in [0.15, 0.2) is 18.2 Å². The molecule has 0 atom stereocenters. The SMILES string of the molecule is Cc1[nH]c2c(Cl)cccc2c1C(C)(C)CC(=O)O. The predicted octanol–water partition coefficient (Wildman–Crippen LogP) is 3.88. The lowest BCUT2D eigenvalue weighted by atomic mass is 9.80. The minimum Gasteiger partial charge on any atom is -0.481 e. The van der Waals surface area contributed by atoms with E-state index >= 15 is 0 Å². The molecule has 18 heavy (non-hydrogen) atoms. The van der Waals surface area contributed by atoms with Crippen molar-refractivity contribution in [1.82, 2.24) is 4.98 Å². The van der Waals surface area contributed by atoms with Gasteiger partial charge in [0.15, 0.2) is 0 Å². The number of carboxylic acid groups (broad SMARTS) is 1. The third-order valence-corrected chi connectivity index (χ3v) is 3.56. The van der Waals surface area contributed by atoms with Crippen LogP contribution in [0.5, 0.6) is 0 Å². The molecule has 0 amide bonds. The Kier molecular flexibility index (Phi) is 3.11. The molecule has 2 N–H and O–H groups in total. The Bertz CT molecular complexity index is 614. The summed E-state index contributed by atoms with van der Waals surface area (Å²) in [6, 6.07) is 5.69. The number of aryl methyl sites for hydroxylation is 1. The Labute approximate surface area is 111 Å². The van der Waals surface area contributed by atoms with Gasteiger partial charge in [0.05, 0.1) is 17.0 Å². The van der Waals surface area contributed by atoms with Crippen LogP contribution in [0.4, 0.5) is 0 Å². The van der Waals surface area contributed by atoms with E-state index in [4.69, 9.17) is 16.7 Å². The van der Waals surface area contributed by atoms with Gasteiger partial charge in [0.2, 0.25) is 0 Å². The van der Waals surface area contributed by atoms with Crippen molar-refractivity contribution >= 4 is 28.5 Å². The fraction of sp³-hybridized carbons (Fsp3) is 0.357. The number of hydrogen-bond acceptors (Lipinski definition) is 1. The summed E-state index contributed by atoms with van der Waals surface area (Å²) < 4.78 is 0. The average Bonchev–Trinajstić information content (AvgIpc) is 2.54. The first-order valence-electron chi connectivity index (χ1n) is 5.82. The number of carbonyl (C=O) groups is 1. The molecule has 0 aliphatic carbocycles. The van der Waals surface area contributed by atoms with Gasteiger partial charge >= 0.3 is 5.97 Å². The first-order valence-corrected chi connectivity index (χ1v) is 6.20. The Hall–Kier alpha value is -1.48. The van der Waals surface area contributed by atoms with Gasteiger partial charge in [-0.1, -0.05) is 37.6 Å². The second-order valence-electron chi connectivity index (χ2n) is 5.24. The zero-order valence-electron chi connectivity index (χ0n) is 10.7. The number of H-pyrrole nitrogens is 1. The van der Waals surface area contributed by atoms with Crippen LogP contribution >= 0.6 is 11.6 Å². The second kappa shape index (κ2) is 4.32. The summed E-state index contributed by atoms with van der Waals surface area (Å²) in [4.78, 5) is 14.2. The van der Waals surface area contributed by atoms with Crippen molar-refractivity contribution in [2.75, 3.05) is 0 Å². The summed E-state index contributed by atoms with van der Waals surface area (Å²) in [5, 5.41) is 10.7.